The lowest BCUT2D eigenvalue weighted by Crippen LogP contribution is -2.53. The number of methoxy groups -OCH3 is 1. The summed E-state index contributed by atoms with van der Waals surface area (Å²) < 4.78 is 6.75. The molecule has 1 saturated carbocycles. The largest absolute Gasteiger partial charge is 0.464 e. The van der Waals surface area contributed by atoms with Crippen molar-refractivity contribution in [3.63, 3.8) is 0 Å². The Kier molecular flexibility index (Phi) is 7.72. The lowest BCUT2D eigenvalue weighted by atomic mass is 9.93. The van der Waals surface area contributed by atoms with Crippen molar-refractivity contribution in [2.45, 2.75) is 91.8 Å². The summed E-state index contributed by atoms with van der Waals surface area (Å²) in [5, 5.41) is 3.01. The Morgan fingerprint density at radius 1 is 1.13 bits per heavy atom. The van der Waals surface area contributed by atoms with E-state index in [0.717, 1.165) is 31.4 Å². The highest BCUT2D eigenvalue weighted by Gasteiger charge is 2.32. The van der Waals surface area contributed by atoms with Crippen molar-refractivity contribution in [3.8, 4) is 0 Å². The van der Waals surface area contributed by atoms with Crippen LogP contribution in [0.4, 0.5) is 4.79 Å². The number of urea groups is 1. The van der Waals surface area contributed by atoms with E-state index in [1.54, 1.807) is 11.8 Å². The molecule has 0 atom stereocenters. The minimum Gasteiger partial charge on any atom is -0.464 e. The molecule has 0 unspecified atom stereocenters. The first-order valence-electron chi connectivity index (χ1n) is 10.9. The average Bonchev–Trinajstić information content (AvgIpc) is 2.94. The van der Waals surface area contributed by atoms with Gasteiger partial charge in [-0.3, -0.25) is 4.79 Å². The highest BCUT2D eigenvalue weighted by molar-refractivity contribution is 6.04. The zero-order chi connectivity index (χ0) is 22.6. The lowest BCUT2D eigenvalue weighted by Gasteiger charge is -2.36. The van der Waals surface area contributed by atoms with E-state index >= 15 is 0 Å². The first-order valence-corrected chi connectivity index (χ1v) is 10.9. The molecule has 30 heavy (non-hydrogen) atoms. The van der Waals surface area contributed by atoms with Gasteiger partial charge in [-0.05, 0) is 59.9 Å². The predicted molar refractivity (Wildman–Crippen MR) is 117 cm³/mol. The Morgan fingerprint density at radius 3 is 2.23 bits per heavy atom. The smallest absolute Gasteiger partial charge is 0.354 e. The molecule has 0 bridgehead atoms. The van der Waals surface area contributed by atoms with E-state index in [1.807, 2.05) is 39.2 Å². The molecule has 1 aliphatic carbocycles. The third-order valence-electron chi connectivity index (χ3n) is 5.81. The Balaban J connectivity index is 2.38. The maximum absolute atomic E-state index is 13.4. The number of ketones is 1. The minimum atomic E-state index is -0.453. The molecule has 0 saturated heterocycles. The molecule has 0 aromatic carbocycles. The van der Waals surface area contributed by atoms with E-state index in [1.165, 1.54) is 13.5 Å². The van der Waals surface area contributed by atoms with Crippen LogP contribution in [0.3, 0.4) is 0 Å². The van der Waals surface area contributed by atoms with Gasteiger partial charge in [-0.25, -0.2) is 9.59 Å². The number of amides is 2. The van der Waals surface area contributed by atoms with Gasteiger partial charge in [0.05, 0.1) is 13.7 Å². The second kappa shape index (κ2) is 9.67. The SMILES string of the molecule is CCn1c(C)c(C(=O)CN(C(=O)NC(C)(C)C)C2CCCCC2)c(C)c1C(=O)OC. The fourth-order valence-electron chi connectivity index (χ4n) is 4.45. The monoisotopic (exact) mass is 419 g/mol. The van der Waals surface area contributed by atoms with Crippen LogP contribution >= 0.6 is 0 Å². The van der Waals surface area contributed by atoms with Crippen LogP contribution in [-0.2, 0) is 11.3 Å². The van der Waals surface area contributed by atoms with Crippen LogP contribution < -0.4 is 5.32 Å². The van der Waals surface area contributed by atoms with Gasteiger partial charge in [0.25, 0.3) is 0 Å². The second-order valence-corrected chi connectivity index (χ2v) is 9.19. The van der Waals surface area contributed by atoms with Crippen molar-refractivity contribution in [2.75, 3.05) is 13.7 Å². The molecule has 0 aliphatic heterocycles. The zero-order valence-electron chi connectivity index (χ0n) is 19.6. The fourth-order valence-corrected chi connectivity index (χ4v) is 4.45. The van der Waals surface area contributed by atoms with Gasteiger partial charge < -0.3 is 19.5 Å². The topological polar surface area (TPSA) is 80.6 Å². The predicted octanol–water partition coefficient (Wildman–Crippen LogP) is 4.24. The van der Waals surface area contributed by atoms with Crippen LogP contribution in [0.1, 0.15) is 91.9 Å². The van der Waals surface area contributed by atoms with E-state index in [0.29, 0.717) is 23.4 Å². The molecular formula is C23H37N3O4. The molecule has 7 nitrogen and oxygen atoms in total. The van der Waals surface area contributed by atoms with Crippen LogP contribution in [0.25, 0.3) is 0 Å². The summed E-state index contributed by atoms with van der Waals surface area (Å²) in [6.07, 6.45) is 5.11. The standard InChI is InChI=1S/C23H37N3O4/c1-8-25-16(3)19(15(2)20(25)21(28)30-7)18(27)14-26(17-12-10-9-11-13-17)22(29)24-23(4,5)6/h17H,8-14H2,1-7H3,(H,24,29). The summed E-state index contributed by atoms with van der Waals surface area (Å²) in [7, 11) is 1.34. The molecule has 1 aromatic rings. The van der Waals surface area contributed by atoms with Gasteiger partial charge in [-0.2, -0.15) is 0 Å². The van der Waals surface area contributed by atoms with E-state index in [-0.39, 0.29) is 29.9 Å². The van der Waals surface area contributed by atoms with E-state index < -0.39 is 5.97 Å². The number of Topliss-reactive ketones (excluding diaryl/α,β-unsaturated/α-hetero) is 1. The van der Waals surface area contributed by atoms with Gasteiger partial charge in [-0.1, -0.05) is 19.3 Å². The van der Waals surface area contributed by atoms with Crippen molar-refractivity contribution in [3.05, 3.63) is 22.5 Å². The van der Waals surface area contributed by atoms with Gasteiger partial charge in [0.1, 0.15) is 5.69 Å². The van der Waals surface area contributed by atoms with Crippen LogP contribution in [0, 0.1) is 13.8 Å². The minimum absolute atomic E-state index is 0.00258. The number of hydrogen-bond acceptors (Lipinski definition) is 4. The zero-order valence-corrected chi connectivity index (χ0v) is 19.6. The summed E-state index contributed by atoms with van der Waals surface area (Å²) in [5.74, 6) is -0.594. The first kappa shape index (κ1) is 24.0. The average molecular weight is 420 g/mol. The number of esters is 1. The molecule has 1 fully saturated rings. The summed E-state index contributed by atoms with van der Waals surface area (Å²) in [6.45, 7) is 11.9. The maximum atomic E-state index is 13.4. The maximum Gasteiger partial charge on any atom is 0.354 e. The molecule has 2 amide bonds. The van der Waals surface area contributed by atoms with Crippen molar-refractivity contribution in [2.24, 2.45) is 0 Å². The second-order valence-electron chi connectivity index (χ2n) is 9.19. The summed E-state index contributed by atoms with van der Waals surface area (Å²) in [4.78, 5) is 40.5. The Hall–Kier alpha value is -2.31. The van der Waals surface area contributed by atoms with Crippen LogP contribution in [0.2, 0.25) is 0 Å². The Morgan fingerprint density at radius 2 is 1.73 bits per heavy atom. The third kappa shape index (κ3) is 5.24. The highest BCUT2D eigenvalue weighted by Crippen LogP contribution is 2.27. The van der Waals surface area contributed by atoms with Crippen LogP contribution in [0.5, 0.6) is 0 Å². The molecule has 1 heterocycles. The quantitative estimate of drug-likeness (QED) is 0.552. The molecule has 7 heteroatoms. The van der Waals surface area contributed by atoms with Crippen LogP contribution in [0.15, 0.2) is 0 Å². The Labute approximate surface area is 180 Å². The normalized spacial score (nSPS) is 15.0. The van der Waals surface area contributed by atoms with Crippen molar-refractivity contribution in [1.29, 1.82) is 0 Å². The third-order valence-corrected chi connectivity index (χ3v) is 5.81. The van der Waals surface area contributed by atoms with E-state index in [9.17, 15) is 14.4 Å². The van der Waals surface area contributed by atoms with Gasteiger partial charge >= 0.3 is 12.0 Å². The van der Waals surface area contributed by atoms with Gasteiger partial charge in [-0.15, -0.1) is 0 Å². The lowest BCUT2D eigenvalue weighted by molar-refractivity contribution is 0.0587. The molecule has 1 aromatic heterocycles. The number of carbonyl (C=O) groups is 3. The fraction of sp³-hybridized carbons (Fsp3) is 0.696. The van der Waals surface area contributed by atoms with Gasteiger partial charge in [0, 0.05) is 29.4 Å². The van der Waals surface area contributed by atoms with Gasteiger partial charge in [0.15, 0.2) is 5.78 Å². The molecule has 1 aliphatic rings. The number of aromatic nitrogens is 1. The Bertz CT molecular complexity index is 798. The number of hydrogen-bond donors (Lipinski definition) is 1. The molecule has 1 N–H and O–H groups in total. The summed E-state index contributed by atoms with van der Waals surface area (Å²) >= 11 is 0. The van der Waals surface area contributed by atoms with E-state index in [2.05, 4.69) is 5.32 Å². The number of carbonyl (C=O) groups excluding carboxylic acids is 3. The molecule has 0 spiro atoms. The number of nitrogens with zero attached hydrogens (tertiary/aromatic N) is 2. The van der Waals surface area contributed by atoms with Gasteiger partial charge in [0.2, 0.25) is 0 Å². The molecule has 0 radical (unpaired) electrons. The summed E-state index contributed by atoms with van der Waals surface area (Å²) in [6, 6.07) is -0.153. The van der Waals surface area contributed by atoms with Crippen LogP contribution in [-0.4, -0.2) is 52.5 Å². The summed E-state index contributed by atoms with van der Waals surface area (Å²) in [5.41, 5.74) is 1.89. The number of rotatable bonds is 6. The van der Waals surface area contributed by atoms with Crippen molar-refractivity contribution in [1.82, 2.24) is 14.8 Å². The van der Waals surface area contributed by atoms with E-state index in [4.69, 9.17) is 4.74 Å². The molecule has 168 valence electrons. The number of ether oxygens (including phenoxy) is 1. The number of nitrogens with one attached hydrogen (secondary N) is 1. The van der Waals surface area contributed by atoms with Crippen molar-refractivity contribution < 1.29 is 19.1 Å². The van der Waals surface area contributed by atoms with Crippen molar-refractivity contribution >= 4 is 17.8 Å². The molecular weight excluding hydrogens is 382 g/mol. The highest BCUT2D eigenvalue weighted by atomic mass is 16.5. The first-order chi connectivity index (χ1) is 14.0. The molecule has 2 rings (SSSR count).